The predicted molar refractivity (Wildman–Crippen MR) is 131 cm³/mol. The number of hydrogen-bond acceptors (Lipinski definition) is 5. The van der Waals surface area contributed by atoms with Crippen LogP contribution in [0.3, 0.4) is 0 Å². The number of nitrogens with zero attached hydrogens (tertiary/aromatic N) is 4. The lowest BCUT2D eigenvalue weighted by atomic mass is 10.0. The van der Waals surface area contributed by atoms with Crippen LogP contribution in [0.25, 0.3) is 0 Å². The number of aryl methyl sites for hydroxylation is 1. The van der Waals surface area contributed by atoms with Crippen LogP contribution >= 0.6 is 24.0 Å². The molecular weight excluding hydrogens is 507 g/mol. The van der Waals surface area contributed by atoms with E-state index in [1.54, 1.807) is 0 Å². The molecule has 1 fully saturated rings. The van der Waals surface area contributed by atoms with Crippen molar-refractivity contribution in [2.24, 2.45) is 18.0 Å². The van der Waals surface area contributed by atoms with Crippen molar-refractivity contribution in [1.29, 1.82) is 0 Å². The lowest BCUT2D eigenvalue weighted by Gasteiger charge is -2.28. The molecule has 0 saturated heterocycles. The van der Waals surface area contributed by atoms with E-state index in [0.717, 1.165) is 61.9 Å². The van der Waals surface area contributed by atoms with Crippen molar-refractivity contribution >= 4 is 29.9 Å². The lowest BCUT2D eigenvalue weighted by Crippen LogP contribution is -2.41. The number of hydrogen-bond donors (Lipinski definition) is 2. The zero-order valence-corrected chi connectivity index (χ0v) is 20.7. The van der Waals surface area contributed by atoms with Gasteiger partial charge in [0.05, 0.1) is 12.6 Å². The predicted octanol–water partition coefficient (Wildman–Crippen LogP) is 3.12. The van der Waals surface area contributed by atoms with E-state index in [2.05, 4.69) is 26.9 Å². The fraction of sp³-hybridized carbons (Fsp3) is 0.591. The van der Waals surface area contributed by atoms with Crippen LogP contribution in [-0.4, -0.2) is 47.1 Å². The summed E-state index contributed by atoms with van der Waals surface area (Å²) < 4.78 is 13.5. The molecule has 0 amide bonds. The molecule has 2 heterocycles. The van der Waals surface area contributed by atoms with Gasteiger partial charge in [-0.1, -0.05) is 18.2 Å². The Kier molecular flexibility index (Phi) is 8.94. The van der Waals surface area contributed by atoms with E-state index >= 15 is 0 Å². The Morgan fingerprint density at radius 1 is 1.26 bits per heavy atom. The molecule has 1 aromatic heterocycles. The summed E-state index contributed by atoms with van der Waals surface area (Å²) in [4.78, 5) is 4.78. The summed E-state index contributed by atoms with van der Waals surface area (Å²) in [5, 5.41) is 15.4. The first-order valence-electron chi connectivity index (χ1n) is 10.9. The van der Waals surface area contributed by atoms with Gasteiger partial charge in [-0.05, 0) is 38.2 Å². The van der Waals surface area contributed by atoms with Gasteiger partial charge in [0.2, 0.25) is 0 Å². The second-order valence-corrected chi connectivity index (χ2v) is 8.06. The highest BCUT2D eigenvalue weighted by Gasteiger charge is 2.22. The Hall–Kier alpha value is -1.88. The molecule has 170 valence electrons. The van der Waals surface area contributed by atoms with Gasteiger partial charge in [0.1, 0.15) is 18.1 Å². The number of aliphatic imine (C=N–C) groups is 1. The fourth-order valence-electron chi connectivity index (χ4n) is 3.46. The zero-order valence-electron chi connectivity index (χ0n) is 18.3. The van der Waals surface area contributed by atoms with Crippen molar-refractivity contribution in [2.75, 3.05) is 26.4 Å². The highest BCUT2D eigenvalue weighted by atomic mass is 127. The molecule has 0 bridgehead atoms. The molecule has 4 rings (SSSR count). The van der Waals surface area contributed by atoms with Crippen molar-refractivity contribution in [3.63, 3.8) is 0 Å². The summed E-state index contributed by atoms with van der Waals surface area (Å²) in [7, 11) is 1.96. The number of halogens is 1. The summed E-state index contributed by atoms with van der Waals surface area (Å²) in [5.74, 6) is 4.25. The molecule has 0 spiro atoms. The minimum absolute atomic E-state index is 0. The topological polar surface area (TPSA) is 85.6 Å². The number of ether oxygens (including phenoxy) is 2. The van der Waals surface area contributed by atoms with E-state index in [0.29, 0.717) is 13.2 Å². The first kappa shape index (κ1) is 23.8. The second-order valence-electron chi connectivity index (χ2n) is 8.06. The highest BCUT2D eigenvalue weighted by Crippen LogP contribution is 2.31. The maximum absolute atomic E-state index is 5.79. The summed E-state index contributed by atoms with van der Waals surface area (Å²) in [5.41, 5.74) is 1.17. The number of fused-ring (bicyclic) bond motifs is 1. The van der Waals surface area contributed by atoms with E-state index in [9.17, 15) is 0 Å². The van der Waals surface area contributed by atoms with Gasteiger partial charge >= 0.3 is 0 Å². The molecule has 1 atom stereocenters. The molecular formula is C22H33IN6O2. The molecule has 1 saturated carbocycles. The van der Waals surface area contributed by atoms with Crippen molar-refractivity contribution in [3.05, 3.63) is 41.5 Å². The molecule has 1 aromatic carbocycles. The number of aromatic nitrogens is 3. The van der Waals surface area contributed by atoms with Gasteiger partial charge in [0.25, 0.3) is 0 Å². The minimum Gasteiger partial charge on any atom is -0.493 e. The van der Waals surface area contributed by atoms with Gasteiger partial charge in [0, 0.05) is 38.8 Å². The summed E-state index contributed by atoms with van der Waals surface area (Å²) >= 11 is 0. The monoisotopic (exact) mass is 540 g/mol. The van der Waals surface area contributed by atoms with Gasteiger partial charge in [0.15, 0.2) is 11.8 Å². The van der Waals surface area contributed by atoms with Crippen LogP contribution in [0.15, 0.2) is 29.3 Å². The average Bonchev–Trinajstić information content (AvgIpc) is 3.54. The van der Waals surface area contributed by atoms with E-state index in [1.165, 1.54) is 18.4 Å². The molecule has 9 heteroatoms. The first-order valence-corrected chi connectivity index (χ1v) is 10.9. The van der Waals surface area contributed by atoms with Crippen LogP contribution < -0.4 is 15.4 Å². The van der Waals surface area contributed by atoms with E-state index in [4.69, 9.17) is 14.5 Å². The molecule has 8 nitrogen and oxygen atoms in total. The number of guanidine groups is 1. The Balaban J connectivity index is 0.00000272. The summed E-state index contributed by atoms with van der Waals surface area (Å²) in [6.07, 6.45) is 4.49. The van der Waals surface area contributed by atoms with Crippen LogP contribution in [0.2, 0.25) is 0 Å². The third-order valence-corrected chi connectivity index (χ3v) is 5.64. The van der Waals surface area contributed by atoms with E-state index in [1.807, 2.05) is 36.7 Å². The molecule has 1 unspecified atom stereocenters. The van der Waals surface area contributed by atoms with Crippen LogP contribution in [0, 0.1) is 12.8 Å². The van der Waals surface area contributed by atoms with Crippen molar-refractivity contribution in [2.45, 2.75) is 45.2 Å². The first-order chi connectivity index (χ1) is 14.7. The highest BCUT2D eigenvalue weighted by molar-refractivity contribution is 14.0. The van der Waals surface area contributed by atoms with Crippen molar-refractivity contribution < 1.29 is 9.47 Å². The molecule has 1 aliphatic heterocycles. The number of benzene rings is 1. The molecule has 31 heavy (non-hydrogen) atoms. The number of nitrogens with one attached hydrogen (secondary N) is 2. The standard InChI is InChI=1S/C22H32N6O2.HI/c1-16-26-27-21(28(16)2)14-24-22(23-11-5-12-29-15-17-8-9-17)25-19-10-13-30-20-7-4-3-6-18(19)20;/h3-4,6-7,17,19H,5,8-15H2,1-2H3,(H2,23,24,25);1H. The SMILES string of the molecule is Cc1nnc(CN=C(NCCCOCC2CC2)NC2CCOc3ccccc32)n1C.I. The van der Waals surface area contributed by atoms with E-state index in [-0.39, 0.29) is 30.0 Å². The second kappa shape index (κ2) is 11.7. The largest absolute Gasteiger partial charge is 0.493 e. The Labute approximate surface area is 201 Å². The third-order valence-electron chi connectivity index (χ3n) is 5.64. The smallest absolute Gasteiger partial charge is 0.192 e. The van der Waals surface area contributed by atoms with Gasteiger partial charge in [-0.15, -0.1) is 34.2 Å². The Morgan fingerprint density at radius 3 is 2.87 bits per heavy atom. The molecule has 0 radical (unpaired) electrons. The van der Waals surface area contributed by atoms with Crippen LogP contribution in [0.5, 0.6) is 5.75 Å². The lowest BCUT2D eigenvalue weighted by molar-refractivity contribution is 0.123. The summed E-state index contributed by atoms with van der Waals surface area (Å²) in [6, 6.07) is 8.35. The third kappa shape index (κ3) is 6.80. The van der Waals surface area contributed by atoms with Gasteiger partial charge in [-0.25, -0.2) is 4.99 Å². The molecule has 2 aromatic rings. The van der Waals surface area contributed by atoms with Gasteiger partial charge < -0.3 is 24.7 Å². The normalized spacial score (nSPS) is 18.0. The van der Waals surface area contributed by atoms with Crippen molar-refractivity contribution in [1.82, 2.24) is 25.4 Å². The molecule has 2 N–H and O–H groups in total. The van der Waals surface area contributed by atoms with Crippen LogP contribution in [-0.2, 0) is 18.3 Å². The maximum atomic E-state index is 5.79. The van der Waals surface area contributed by atoms with Crippen LogP contribution in [0.1, 0.15) is 48.9 Å². The minimum atomic E-state index is 0. The quantitative estimate of drug-likeness (QED) is 0.220. The molecule has 1 aliphatic carbocycles. The average molecular weight is 540 g/mol. The van der Waals surface area contributed by atoms with Crippen LogP contribution in [0.4, 0.5) is 0 Å². The zero-order chi connectivity index (χ0) is 20.8. The van der Waals surface area contributed by atoms with Crippen molar-refractivity contribution in [3.8, 4) is 5.75 Å². The number of para-hydroxylation sites is 1. The van der Waals surface area contributed by atoms with Gasteiger partial charge in [-0.3, -0.25) is 0 Å². The Bertz CT molecular complexity index is 867. The van der Waals surface area contributed by atoms with Gasteiger partial charge in [-0.2, -0.15) is 0 Å². The Morgan fingerprint density at radius 2 is 2.10 bits per heavy atom. The molecule has 2 aliphatic rings. The fourth-order valence-corrected chi connectivity index (χ4v) is 3.46. The van der Waals surface area contributed by atoms with E-state index < -0.39 is 0 Å². The maximum Gasteiger partial charge on any atom is 0.192 e. The summed E-state index contributed by atoms with van der Waals surface area (Å²) in [6.45, 7) is 5.59. The number of rotatable bonds is 9.